The first-order chi connectivity index (χ1) is 15.2. The van der Waals surface area contributed by atoms with Crippen LogP contribution in [0.3, 0.4) is 0 Å². The summed E-state index contributed by atoms with van der Waals surface area (Å²) in [4.78, 5) is 13.0. The number of alkyl halides is 3. The van der Waals surface area contributed by atoms with Crippen LogP contribution in [0.1, 0.15) is 40.0 Å². The zero-order chi connectivity index (χ0) is 23.0. The first-order valence-corrected chi connectivity index (χ1v) is 10.2. The predicted molar refractivity (Wildman–Crippen MR) is 115 cm³/mol. The number of rotatable bonds is 4. The molecule has 1 amide bonds. The number of halogens is 4. The van der Waals surface area contributed by atoms with Gasteiger partial charge in [-0.1, -0.05) is 29.8 Å². The molecule has 3 aromatic rings. The van der Waals surface area contributed by atoms with E-state index >= 15 is 0 Å². The molecule has 32 heavy (non-hydrogen) atoms. The number of fused-ring (bicyclic) bond motifs is 1. The van der Waals surface area contributed by atoms with Gasteiger partial charge in [-0.3, -0.25) is 4.79 Å². The van der Waals surface area contributed by atoms with Gasteiger partial charge in [0, 0.05) is 17.1 Å². The third kappa shape index (κ3) is 4.12. The molecule has 1 aliphatic rings. The van der Waals surface area contributed by atoms with E-state index in [0.29, 0.717) is 27.6 Å². The van der Waals surface area contributed by atoms with Gasteiger partial charge in [0.15, 0.2) is 6.04 Å². The monoisotopic (exact) mass is 464 g/mol. The number of methoxy groups -OCH3 is 1. The summed E-state index contributed by atoms with van der Waals surface area (Å²) >= 11 is 6.10. The van der Waals surface area contributed by atoms with Crippen LogP contribution in [0.25, 0.3) is 0 Å². The molecule has 1 aliphatic heterocycles. The lowest BCUT2D eigenvalue weighted by molar-refractivity contribution is -0.173. The van der Waals surface area contributed by atoms with Gasteiger partial charge in [0.2, 0.25) is 0 Å². The number of amides is 1. The van der Waals surface area contributed by atoms with Crippen molar-refractivity contribution in [1.82, 2.24) is 9.78 Å². The van der Waals surface area contributed by atoms with Gasteiger partial charge in [-0.25, -0.2) is 4.68 Å². The maximum atomic E-state index is 13.9. The van der Waals surface area contributed by atoms with Crippen LogP contribution in [0.15, 0.2) is 48.7 Å². The third-order valence-electron chi connectivity index (χ3n) is 5.50. The van der Waals surface area contributed by atoms with Crippen LogP contribution in [0.4, 0.5) is 24.7 Å². The maximum Gasteiger partial charge on any atom is 0.410 e. The Morgan fingerprint density at radius 3 is 2.75 bits per heavy atom. The summed E-state index contributed by atoms with van der Waals surface area (Å²) in [5.74, 6) is -0.0544. The Kier molecular flexibility index (Phi) is 5.77. The molecule has 10 heteroatoms. The second-order valence-electron chi connectivity index (χ2n) is 7.48. The number of hydrogen-bond acceptors (Lipinski definition) is 4. The zero-order valence-corrected chi connectivity index (χ0v) is 18.0. The number of anilines is 2. The second kappa shape index (κ2) is 8.38. The molecule has 6 nitrogen and oxygen atoms in total. The summed E-state index contributed by atoms with van der Waals surface area (Å²) in [5, 5.41) is 10.1. The number of benzene rings is 2. The molecule has 0 aliphatic carbocycles. The standard InChI is InChI=1S/C22H20ClF3N4O2/c1-12-16(23)7-4-8-17(12)29-21(31)15-11-27-30-19(22(24,25)26)10-18(28-20(15)30)13-5-3-6-14(9-13)32-2/h3-9,11,18-19,28H,10H2,1-2H3,(H,29,31)/t18-,19-/m0/s1. The Labute approximate surface area is 187 Å². The highest BCUT2D eigenvalue weighted by molar-refractivity contribution is 6.31. The van der Waals surface area contributed by atoms with Gasteiger partial charge in [-0.2, -0.15) is 18.3 Å². The molecule has 168 valence electrons. The van der Waals surface area contributed by atoms with Crippen molar-refractivity contribution in [3.8, 4) is 5.75 Å². The van der Waals surface area contributed by atoms with Crippen molar-refractivity contribution in [2.45, 2.75) is 31.6 Å². The lowest BCUT2D eigenvalue weighted by Gasteiger charge is -2.34. The SMILES string of the molecule is COc1cccc([C@@H]2C[C@@H](C(F)(F)F)n3ncc(C(=O)Nc4cccc(Cl)c4C)c3N2)c1. The minimum absolute atomic E-state index is 0.00331. The van der Waals surface area contributed by atoms with Gasteiger partial charge in [0.25, 0.3) is 5.91 Å². The highest BCUT2D eigenvalue weighted by Gasteiger charge is 2.47. The number of nitrogens with one attached hydrogen (secondary N) is 2. The number of ether oxygens (including phenoxy) is 1. The van der Waals surface area contributed by atoms with Crippen LogP contribution in [0.5, 0.6) is 5.75 Å². The van der Waals surface area contributed by atoms with Crippen LogP contribution in [-0.4, -0.2) is 29.0 Å². The van der Waals surface area contributed by atoms with Crippen molar-refractivity contribution in [3.63, 3.8) is 0 Å². The molecule has 2 N–H and O–H groups in total. The van der Waals surface area contributed by atoms with Crippen molar-refractivity contribution in [3.05, 3.63) is 70.4 Å². The number of carbonyl (C=O) groups excluding carboxylic acids is 1. The number of nitrogens with zero attached hydrogens (tertiary/aromatic N) is 2. The molecule has 2 heterocycles. The van der Waals surface area contributed by atoms with Crippen LogP contribution < -0.4 is 15.4 Å². The Balaban J connectivity index is 1.71. The molecule has 2 atom stereocenters. The largest absolute Gasteiger partial charge is 0.497 e. The zero-order valence-electron chi connectivity index (χ0n) is 17.2. The van der Waals surface area contributed by atoms with Gasteiger partial charge in [0.1, 0.15) is 17.1 Å². The maximum absolute atomic E-state index is 13.9. The van der Waals surface area contributed by atoms with E-state index in [1.54, 1.807) is 49.4 Å². The Bertz CT molecular complexity index is 1160. The van der Waals surface area contributed by atoms with Gasteiger partial charge in [-0.05, 0) is 42.3 Å². The molecule has 0 bridgehead atoms. The van der Waals surface area contributed by atoms with Crippen molar-refractivity contribution >= 4 is 29.0 Å². The van der Waals surface area contributed by atoms with E-state index in [4.69, 9.17) is 16.3 Å². The van der Waals surface area contributed by atoms with Crippen LogP contribution in [-0.2, 0) is 0 Å². The normalized spacial score (nSPS) is 17.9. The number of hydrogen-bond donors (Lipinski definition) is 2. The average molecular weight is 465 g/mol. The summed E-state index contributed by atoms with van der Waals surface area (Å²) in [7, 11) is 1.49. The van der Waals surface area contributed by atoms with E-state index in [-0.39, 0.29) is 17.8 Å². The first-order valence-electron chi connectivity index (χ1n) is 9.80. The fourth-order valence-corrected chi connectivity index (χ4v) is 3.91. The van der Waals surface area contributed by atoms with E-state index in [2.05, 4.69) is 15.7 Å². The highest BCUT2D eigenvalue weighted by Crippen LogP contribution is 2.44. The molecule has 1 aromatic heterocycles. The fourth-order valence-electron chi connectivity index (χ4n) is 3.74. The fraction of sp³-hybridized carbons (Fsp3) is 0.273. The molecule has 0 unspecified atom stereocenters. The summed E-state index contributed by atoms with van der Waals surface area (Å²) in [5.41, 5.74) is 1.74. The van der Waals surface area contributed by atoms with E-state index in [9.17, 15) is 18.0 Å². The molecular weight excluding hydrogens is 445 g/mol. The quantitative estimate of drug-likeness (QED) is 0.514. The average Bonchev–Trinajstić information content (AvgIpc) is 3.19. The first kappa shape index (κ1) is 22.0. The molecular formula is C22H20ClF3N4O2. The molecule has 0 spiro atoms. The molecule has 2 aromatic carbocycles. The molecule has 0 saturated heterocycles. The van der Waals surface area contributed by atoms with Crippen LogP contribution in [0, 0.1) is 6.92 Å². The van der Waals surface area contributed by atoms with Crippen molar-refractivity contribution in [2.75, 3.05) is 17.7 Å². The number of aromatic nitrogens is 2. The van der Waals surface area contributed by atoms with E-state index in [1.807, 2.05) is 0 Å². The minimum Gasteiger partial charge on any atom is -0.497 e. The summed E-state index contributed by atoms with van der Waals surface area (Å²) in [6, 6.07) is 9.26. The molecule has 4 rings (SSSR count). The van der Waals surface area contributed by atoms with Crippen LogP contribution >= 0.6 is 11.6 Å². The minimum atomic E-state index is -4.54. The van der Waals surface area contributed by atoms with Crippen molar-refractivity contribution < 1.29 is 22.7 Å². The highest BCUT2D eigenvalue weighted by atomic mass is 35.5. The van der Waals surface area contributed by atoms with E-state index in [1.165, 1.54) is 7.11 Å². The van der Waals surface area contributed by atoms with E-state index in [0.717, 1.165) is 10.9 Å². The summed E-state index contributed by atoms with van der Waals surface area (Å²) in [6.45, 7) is 1.74. The van der Waals surface area contributed by atoms with E-state index < -0.39 is 24.2 Å². The van der Waals surface area contributed by atoms with Gasteiger partial charge < -0.3 is 15.4 Å². The van der Waals surface area contributed by atoms with Crippen molar-refractivity contribution in [2.24, 2.45) is 0 Å². The van der Waals surface area contributed by atoms with Crippen LogP contribution in [0.2, 0.25) is 5.02 Å². The Morgan fingerprint density at radius 1 is 1.28 bits per heavy atom. The lowest BCUT2D eigenvalue weighted by atomic mass is 9.96. The molecule has 0 saturated carbocycles. The summed E-state index contributed by atoms with van der Waals surface area (Å²) < 4.78 is 47.7. The second-order valence-corrected chi connectivity index (χ2v) is 7.89. The third-order valence-corrected chi connectivity index (χ3v) is 5.90. The topological polar surface area (TPSA) is 68.2 Å². The lowest BCUT2D eigenvalue weighted by Crippen LogP contribution is -2.36. The molecule has 0 radical (unpaired) electrons. The smallest absolute Gasteiger partial charge is 0.410 e. The van der Waals surface area contributed by atoms with Gasteiger partial charge in [0.05, 0.1) is 19.3 Å². The number of carbonyl (C=O) groups is 1. The van der Waals surface area contributed by atoms with Gasteiger partial charge >= 0.3 is 6.18 Å². The van der Waals surface area contributed by atoms with Gasteiger partial charge in [-0.15, -0.1) is 0 Å². The molecule has 0 fully saturated rings. The predicted octanol–water partition coefficient (Wildman–Crippen LogP) is 5.77. The summed E-state index contributed by atoms with van der Waals surface area (Å²) in [6.07, 6.45) is -3.68. The Hall–Kier alpha value is -3.20. The Morgan fingerprint density at radius 2 is 2.03 bits per heavy atom. The van der Waals surface area contributed by atoms with Crippen molar-refractivity contribution in [1.29, 1.82) is 0 Å².